The monoisotopic (exact) mass is 455 g/mol. The Morgan fingerprint density at radius 1 is 1.00 bits per heavy atom. The van der Waals surface area contributed by atoms with Gasteiger partial charge in [0.2, 0.25) is 6.79 Å². The van der Waals surface area contributed by atoms with Crippen LogP contribution in [-0.2, 0) is 16.0 Å². The highest BCUT2D eigenvalue weighted by Gasteiger charge is 2.30. The third-order valence-corrected chi connectivity index (χ3v) is 6.86. The van der Waals surface area contributed by atoms with Crippen molar-refractivity contribution in [2.45, 2.75) is 51.0 Å². The zero-order valence-corrected chi connectivity index (χ0v) is 18.8. The maximum absolute atomic E-state index is 13.5. The number of para-hydroxylation sites is 1. The van der Waals surface area contributed by atoms with Gasteiger partial charge in [-0.05, 0) is 79.5 Å². The Labute approximate surface area is 197 Å². The molecule has 1 unspecified atom stereocenters. The molecule has 1 aliphatic heterocycles. The second-order valence-electron chi connectivity index (χ2n) is 9.07. The lowest BCUT2D eigenvalue weighted by Crippen LogP contribution is -2.30. The summed E-state index contributed by atoms with van der Waals surface area (Å²) in [6.07, 6.45) is 6.84. The molecule has 2 aromatic carbocycles. The molecule has 34 heavy (non-hydrogen) atoms. The zero-order chi connectivity index (χ0) is 23.1. The van der Waals surface area contributed by atoms with Gasteiger partial charge in [0.15, 0.2) is 23.4 Å². The normalized spacial score (nSPS) is 20.4. The molecular formula is C28H25NO5. The number of ketones is 1. The van der Waals surface area contributed by atoms with Crippen molar-refractivity contribution in [2.75, 3.05) is 6.79 Å². The fourth-order valence-electron chi connectivity index (χ4n) is 5.18. The number of pyridine rings is 1. The average molecular weight is 456 g/mol. The predicted octanol–water partition coefficient (Wildman–Crippen LogP) is 5.51. The molecule has 3 aromatic rings. The highest BCUT2D eigenvalue weighted by atomic mass is 16.7. The minimum atomic E-state index is -0.643. The van der Waals surface area contributed by atoms with Crippen molar-refractivity contribution in [1.82, 2.24) is 4.98 Å². The van der Waals surface area contributed by atoms with Crippen LogP contribution in [0.2, 0.25) is 0 Å². The van der Waals surface area contributed by atoms with Crippen molar-refractivity contribution in [3.05, 3.63) is 64.8 Å². The highest BCUT2D eigenvalue weighted by Crippen LogP contribution is 2.38. The molecule has 1 fully saturated rings. The molecule has 1 saturated carbocycles. The summed E-state index contributed by atoms with van der Waals surface area (Å²) in [5.41, 5.74) is 5.12. The molecular weight excluding hydrogens is 430 g/mol. The summed E-state index contributed by atoms with van der Waals surface area (Å²) in [5, 5.41) is 0.777. The number of allylic oxidation sites excluding steroid dienone is 1. The molecule has 2 aliphatic carbocycles. The van der Waals surface area contributed by atoms with Crippen LogP contribution in [0.15, 0.2) is 42.5 Å². The minimum absolute atomic E-state index is 0.0234. The Morgan fingerprint density at radius 2 is 1.88 bits per heavy atom. The van der Waals surface area contributed by atoms with E-state index in [9.17, 15) is 9.59 Å². The SMILES string of the molecule is O=C(OC1CCCCC1=O)c1c2c(nc3ccccc13)/C(=C/c1ccc3c(c1)OCO3)CCC2. The molecule has 1 aromatic heterocycles. The largest absolute Gasteiger partial charge is 0.454 e. The topological polar surface area (TPSA) is 74.7 Å². The molecule has 2 heterocycles. The van der Waals surface area contributed by atoms with Crippen molar-refractivity contribution in [1.29, 1.82) is 0 Å². The number of Topliss-reactive ketones (excluding diaryl/α,β-unsaturated/α-hetero) is 1. The van der Waals surface area contributed by atoms with Crippen LogP contribution in [0.4, 0.5) is 0 Å². The lowest BCUT2D eigenvalue weighted by molar-refractivity contribution is -0.129. The van der Waals surface area contributed by atoms with Gasteiger partial charge in [-0.1, -0.05) is 24.3 Å². The summed E-state index contributed by atoms with van der Waals surface area (Å²) in [6.45, 7) is 0.237. The van der Waals surface area contributed by atoms with Crippen LogP contribution in [0, 0.1) is 0 Å². The van der Waals surface area contributed by atoms with Crippen LogP contribution in [0.3, 0.4) is 0 Å². The van der Waals surface area contributed by atoms with Crippen LogP contribution in [-0.4, -0.2) is 29.6 Å². The first-order valence-corrected chi connectivity index (χ1v) is 11.9. The number of carbonyl (C=O) groups is 2. The number of aromatic nitrogens is 1. The Balaban J connectivity index is 1.44. The summed E-state index contributed by atoms with van der Waals surface area (Å²) in [4.78, 5) is 30.8. The number of fused-ring (bicyclic) bond motifs is 3. The zero-order valence-electron chi connectivity index (χ0n) is 18.8. The van der Waals surface area contributed by atoms with E-state index in [2.05, 4.69) is 6.08 Å². The summed E-state index contributed by atoms with van der Waals surface area (Å²) in [6, 6.07) is 13.5. The predicted molar refractivity (Wildman–Crippen MR) is 128 cm³/mol. The number of ether oxygens (including phenoxy) is 3. The van der Waals surface area contributed by atoms with Gasteiger partial charge in [-0.25, -0.2) is 9.78 Å². The Hall–Kier alpha value is -3.67. The number of esters is 1. The molecule has 3 aliphatic rings. The molecule has 6 rings (SSSR count). The third-order valence-electron chi connectivity index (χ3n) is 6.86. The van der Waals surface area contributed by atoms with Crippen molar-refractivity contribution in [2.24, 2.45) is 0 Å². The standard InChI is InChI=1S/C28H25NO5/c30-22-10-3-4-11-23(22)34-28(31)26-19-7-1-2-9-21(19)29-27-18(6-5-8-20(26)27)14-17-12-13-24-25(15-17)33-16-32-24/h1-2,7,9,12-15,23H,3-6,8,10-11,16H2/b18-14+. The first-order valence-electron chi connectivity index (χ1n) is 11.9. The van der Waals surface area contributed by atoms with Crippen molar-refractivity contribution in [3.8, 4) is 11.5 Å². The average Bonchev–Trinajstić information content (AvgIpc) is 3.32. The van der Waals surface area contributed by atoms with Gasteiger partial charge in [-0.15, -0.1) is 0 Å². The number of benzene rings is 2. The van der Waals surface area contributed by atoms with Gasteiger partial charge in [0.1, 0.15) is 0 Å². The molecule has 6 heteroatoms. The number of hydrogen-bond donors (Lipinski definition) is 0. The van der Waals surface area contributed by atoms with Gasteiger partial charge in [0, 0.05) is 11.8 Å². The number of rotatable bonds is 3. The fourth-order valence-corrected chi connectivity index (χ4v) is 5.18. The van der Waals surface area contributed by atoms with E-state index >= 15 is 0 Å². The summed E-state index contributed by atoms with van der Waals surface area (Å²) in [5.74, 6) is 1.09. The first kappa shape index (κ1) is 20.9. The molecule has 6 nitrogen and oxygen atoms in total. The van der Waals surface area contributed by atoms with E-state index in [0.717, 1.165) is 76.9 Å². The van der Waals surface area contributed by atoms with Crippen LogP contribution in [0.1, 0.15) is 65.7 Å². The molecule has 172 valence electrons. The molecule has 0 radical (unpaired) electrons. The van der Waals surface area contributed by atoms with E-state index in [1.807, 2.05) is 42.5 Å². The van der Waals surface area contributed by atoms with E-state index in [1.54, 1.807) is 0 Å². The van der Waals surface area contributed by atoms with Crippen molar-refractivity contribution < 1.29 is 23.8 Å². The lowest BCUT2D eigenvalue weighted by Gasteiger charge is -2.25. The molecule has 0 spiro atoms. The van der Waals surface area contributed by atoms with Crippen LogP contribution < -0.4 is 9.47 Å². The van der Waals surface area contributed by atoms with Crippen molar-refractivity contribution in [3.63, 3.8) is 0 Å². The Kier molecular flexibility index (Phi) is 5.28. The number of hydrogen-bond acceptors (Lipinski definition) is 6. The smallest absolute Gasteiger partial charge is 0.339 e. The quantitative estimate of drug-likeness (QED) is 0.485. The second-order valence-corrected chi connectivity index (χ2v) is 9.07. The maximum atomic E-state index is 13.5. The minimum Gasteiger partial charge on any atom is -0.454 e. The lowest BCUT2D eigenvalue weighted by atomic mass is 9.85. The second kappa shape index (κ2) is 8.60. The Morgan fingerprint density at radius 3 is 2.79 bits per heavy atom. The van der Waals surface area contributed by atoms with E-state index in [1.165, 1.54) is 0 Å². The number of carbonyl (C=O) groups excluding carboxylic acids is 2. The van der Waals surface area contributed by atoms with Gasteiger partial charge in [0.05, 0.1) is 16.8 Å². The van der Waals surface area contributed by atoms with E-state index in [4.69, 9.17) is 19.2 Å². The maximum Gasteiger partial charge on any atom is 0.339 e. The summed E-state index contributed by atoms with van der Waals surface area (Å²) < 4.78 is 16.8. The first-order chi connectivity index (χ1) is 16.7. The molecule has 0 amide bonds. The highest BCUT2D eigenvalue weighted by molar-refractivity contribution is 6.07. The Bertz CT molecular complexity index is 1340. The van der Waals surface area contributed by atoms with Crippen LogP contribution in [0.25, 0.3) is 22.6 Å². The van der Waals surface area contributed by atoms with Gasteiger partial charge in [-0.2, -0.15) is 0 Å². The number of nitrogens with zero attached hydrogens (tertiary/aromatic N) is 1. The van der Waals surface area contributed by atoms with Gasteiger partial charge >= 0.3 is 5.97 Å². The molecule has 0 N–H and O–H groups in total. The van der Waals surface area contributed by atoms with E-state index < -0.39 is 12.1 Å². The molecule has 0 bridgehead atoms. The van der Waals surface area contributed by atoms with E-state index in [0.29, 0.717) is 18.4 Å². The van der Waals surface area contributed by atoms with Crippen LogP contribution >= 0.6 is 0 Å². The van der Waals surface area contributed by atoms with E-state index in [-0.39, 0.29) is 12.6 Å². The van der Waals surface area contributed by atoms with Crippen molar-refractivity contribution >= 4 is 34.3 Å². The molecule has 0 saturated heterocycles. The van der Waals surface area contributed by atoms with Crippen LogP contribution in [0.5, 0.6) is 11.5 Å². The molecule has 1 atom stereocenters. The fraction of sp³-hybridized carbons (Fsp3) is 0.321. The van der Waals surface area contributed by atoms with Gasteiger partial charge < -0.3 is 14.2 Å². The summed E-state index contributed by atoms with van der Waals surface area (Å²) >= 11 is 0. The van der Waals surface area contributed by atoms with Gasteiger partial charge in [0.25, 0.3) is 0 Å². The summed E-state index contributed by atoms with van der Waals surface area (Å²) in [7, 11) is 0. The third kappa shape index (κ3) is 3.73. The van der Waals surface area contributed by atoms with Gasteiger partial charge in [-0.3, -0.25) is 4.79 Å².